The van der Waals surface area contributed by atoms with Gasteiger partial charge in [0.05, 0.1) is 65.6 Å². The number of nitrogens with one attached hydrogen (secondary N) is 3. The zero-order valence-corrected chi connectivity index (χ0v) is 68.6. The minimum absolute atomic E-state index is 0.00407. The molecular weight excluding hydrogens is 1480 g/mol. The van der Waals surface area contributed by atoms with Crippen molar-refractivity contribution in [2.45, 2.75) is 116 Å². The molecule has 15 rings (SSSR count). The number of carboxylic acid groups (broad SMARTS) is 1. The van der Waals surface area contributed by atoms with Crippen LogP contribution in [-0.2, 0) is 4.79 Å². The van der Waals surface area contributed by atoms with Crippen molar-refractivity contribution < 1.29 is 34.5 Å². The standard InChI is InChI=1S/C32H35N5O3.2C32H37N5O2/c1-22-18-23(2)28(34-25-12-14-35(15-13-25)29-11-7-6-8-24(29)20-33)19-27(22)31(38)36-16-17-37(30(21-36)32(39)40)26-9-4-3-5-10-26;2*1-23-18-24(2)30(34-26-12-14-35(15-13-26)31-11-7-6-8-25(31)20-33)19-29(23)32(39)36-16-17-37(28(21-36)22-38)27-9-4-3-5-10-27/h3-11,18-19,25,30,34H,12-17,21H2,1-2H3,(H,39,40);2*3-11,18-19,26,28,34,38H,12-17,21-22H2,1-2H3/t;2*28-/m.10/s1. The Morgan fingerprint density at radius 2 is 0.619 bits per heavy atom. The maximum atomic E-state index is 13.7. The summed E-state index contributed by atoms with van der Waals surface area (Å²) in [5.74, 6) is -1.04. The smallest absolute Gasteiger partial charge is 0.328 e. The third-order valence-corrected chi connectivity index (χ3v) is 24.2. The number of carbonyl (C=O) groups is 4. The molecule has 0 radical (unpaired) electrons. The van der Waals surface area contributed by atoms with Gasteiger partial charge in [0.25, 0.3) is 17.7 Å². The molecule has 0 bridgehead atoms. The van der Waals surface area contributed by atoms with Gasteiger partial charge in [-0.1, -0.05) is 109 Å². The molecule has 0 saturated carbocycles. The van der Waals surface area contributed by atoms with Crippen LogP contribution in [0.2, 0.25) is 0 Å². The summed E-state index contributed by atoms with van der Waals surface area (Å²) in [7, 11) is 0. The average Bonchev–Trinajstić information content (AvgIpc) is 0.799. The second-order valence-corrected chi connectivity index (χ2v) is 31.9. The van der Waals surface area contributed by atoms with Crippen molar-refractivity contribution in [3.05, 3.63) is 267 Å². The molecule has 3 amide bonds. The van der Waals surface area contributed by atoms with Crippen LogP contribution in [0.15, 0.2) is 200 Å². The molecule has 118 heavy (non-hydrogen) atoms. The van der Waals surface area contributed by atoms with Crippen molar-refractivity contribution in [3.8, 4) is 18.2 Å². The molecule has 9 aromatic carbocycles. The maximum absolute atomic E-state index is 13.7. The Hall–Kier alpha value is -12.6. The van der Waals surface area contributed by atoms with Gasteiger partial charge in [-0.25, -0.2) is 4.79 Å². The molecule has 22 heteroatoms. The number of para-hydroxylation sites is 6. The van der Waals surface area contributed by atoms with Crippen molar-refractivity contribution in [3.63, 3.8) is 0 Å². The van der Waals surface area contributed by atoms with Crippen molar-refractivity contribution in [1.29, 1.82) is 15.8 Å². The van der Waals surface area contributed by atoms with Gasteiger partial charge in [-0.2, -0.15) is 15.8 Å². The van der Waals surface area contributed by atoms with E-state index in [1.165, 1.54) is 0 Å². The number of nitriles is 3. The number of benzene rings is 9. The normalized spacial score (nSPS) is 18.0. The Balaban J connectivity index is 0.000000153. The third-order valence-electron chi connectivity index (χ3n) is 24.2. The minimum atomic E-state index is -0.937. The molecule has 3 atom stereocenters. The van der Waals surface area contributed by atoms with Gasteiger partial charge in [0, 0.05) is 161 Å². The Labute approximate surface area is 694 Å². The van der Waals surface area contributed by atoms with Crippen molar-refractivity contribution in [2.75, 3.05) is 157 Å². The SMILES string of the molecule is Cc1cc(C)c(C(=O)N2CCN(c3ccccc3)C(C(=O)O)C2)cc1NC1CCN(c2ccccc2C#N)CC1.Cc1cc(C)c(C(=O)N2CCN(c3ccccc3)[C@@H](CO)C2)cc1NC1CCN(c2ccccc2C#N)CC1.Cc1cc(C)c(C(=O)N2CCN(c3ccccc3)[C@H](CO)C2)cc1NC1CCN(c2ccccc2C#N)CC1. The molecule has 0 aliphatic carbocycles. The summed E-state index contributed by atoms with van der Waals surface area (Å²) < 4.78 is 0. The summed E-state index contributed by atoms with van der Waals surface area (Å²) in [6.07, 6.45) is 5.65. The quantitative estimate of drug-likeness (QED) is 0.0466. The molecule has 6 fully saturated rings. The number of piperidine rings is 3. The fraction of sp³-hybridized carbons (Fsp3) is 0.365. The number of carbonyl (C=O) groups excluding carboxylic acids is 3. The molecule has 0 aromatic heterocycles. The van der Waals surface area contributed by atoms with Gasteiger partial charge in [-0.15, -0.1) is 0 Å². The molecule has 610 valence electrons. The highest BCUT2D eigenvalue weighted by molar-refractivity contribution is 5.99. The number of amides is 3. The first-order chi connectivity index (χ1) is 57.3. The van der Waals surface area contributed by atoms with Crippen LogP contribution in [0, 0.1) is 75.5 Å². The molecule has 6 aliphatic rings. The van der Waals surface area contributed by atoms with E-state index in [0.717, 1.165) is 173 Å². The topological polar surface area (TPSA) is 266 Å². The molecule has 6 aliphatic heterocycles. The van der Waals surface area contributed by atoms with Crippen LogP contribution >= 0.6 is 0 Å². The van der Waals surface area contributed by atoms with E-state index in [0.29, 0.717) is 86.7 Å². The van der Waals surface area contributed by atoms with Crippen LogP contribution in [0.25, 0.3) is 0 Å². The largest absolute Gasteiger partial charge is 0.480 e. The summed E-state index contributed by atoms with van der Waals surface area (Å²) in [6, 6.07) is 71.8. The van der Waals surface area contributed by atoms with Crippen molar-refractivity contribution in [2.24, 2.45) is 0 Å². The highest BCUT2D eigenvalue weighted by Gasteiger charge is 2.38. The number of aliphatic hydroxyl groups is 2. The van der Waals surface area contributed by atoms with Crippen LogP contribution in [0.1, 0.15) is 120 Å². The van der Waals surface area contributed by atoms with E-state index in [2.05, 4.69) is 109 Å². The van der Waals surface area contributed by atoms with Crippen LogP contribution in [-0.4, -0.2) is 201 Å². The van der Waals surface area contributed by atoms with Crippen LogP contribution in [0.4, 0.5) is 51.2 Å². The van der Waals surface area contributed by atoms with E-state index in [4.69, 9.17) is 0 Å². The predicted octanol–water partition coefficient (Wildman–Crippen LogP) is 13.8. The number of aryl methyl sites for hydroxylation is 6. The first kappa shape index (κ1) is 83.4. The second kappa shape index (κ2) is 38.9. The Bertz CT molecular complexity index is 4910. The first-order valence-corrected chi connectivity index (χ1v) is 41.4. The van der Waals surface area contributed by atoms with E-state index in [1.807, 2.05) is 206 Å². The molecule has 9 aromatic rings. The number of hydrogen-bond donors (Lipinski definition) is 6. The fourth-order valence-electron chi connectivity index (χ4n) is 17.6. The highest BCUT2D eigenvalue weighted by Crippen LogP contribution is 2.35. The summed E-state index contributed by atoms with van der Waals surface area (Å²) in [4.78, 5) is 71.8. The molecule has 6 N–H and O–H groups in total. The highest BCUT2D eigenvalue weighted by atomic mass is 16.4. The number of nitrogens with zero attached hydrogens (tertiary/aromatic N) is 12. The molecular formula is C96H109N15O7. The zero-order chi connectivity index (χ0) is 82.9. The Morgan fingerprint density at radius 1 is 0.347 bits per heavy atom. The summed E-state index contributed by atoms with van der Waals surface area (Å²) >= 11 is 0. The summed E-state index contributed by atoms with van der Waals surface area (Å²) in [6.45, 7) is 21.9. The minimum Gasteiger partial charge on any atom is -0.480 e. The zero-order valence-electron chi connectivity index (χ0n) is 68.6. The number of carboxylic acids is 1. The molecule has 0 spiro atoms. The second-order valence-electron chi connectivity index (χ2n) is 31.9. The number of anilines is 9. The monoisotopic (exact) mass is 1580 g/mol. The number of aliphatic hydroxyl groups excluding tert-OH is 2. The lowest BCUT2D eigenvalue weighted by molar-refractivity contribution is -0.139. The van der Waals surface area contributed by atoms with Crippen molar-refractivity contribution in [1.82, 2.24) is 14.7 Å². The van der Waals surface area contributed by atoms with E-state index in [1.54, 1.807) is 4.90 Å². The summed E-state index contributed by atoms with van der Waals surface area (Å²) in [5.41, 5.74) is 19.2. The third kappa shape index (κ3) is 19.6. The number of piperazine rings is 3. The Morgan fingerprint density at radius 3 is 0.907 bits per heavy atom. The predicted molar refractivity (Wildman–Crippen MR) is 470 cm³/mol. The van der Waals surface area contributed by atoms with Gasteiger partial charge >= 0.3 is 5.97 Å². The van der Waals surface area contributed by atoms with Gasteiger partial charge in [-0.3, -0.25) is 14.4 Å². The van der Waals surface area contributed by atoms with Crippen LogP contribution in [0.5, 0.6) is 0 Å². The first-order valence-electron chi connectivity index (χ1n) is 41.4. The molecule has 1 unspecified atom stereocenters. The number of hydrogen-bond acceptors (Lipinski definition) is 18. The molecule has 22 nitrogen and oxygen atoms in total. The fourth-order valence-corrected chi connectivity index (χ4v) is 17.6. The van der Waals surface area contributed by atoms with Gasteiger partial charge in [0.1, 0.15) is 24.2 Å². The van der Waals surface area contributed by atoms with Gasteiger partial charge < -0.3 is 75.4 Å². The van der Waals surface area contributed by atoms with E-state index < -0.39 is 12.0 Å². The number of rotatable bonds is 18. The lowest BCUT2D eigenvalue weighted by atomic mass is 9.99. The van der Waals surface area contributed by atoms with Gasteiger partial charge in [-0.05, 0) is 204 Å². The number of aliphatic carboxylic acids is 1. The maximum Gasteiger partial charge on any atom is 0.328 e. The average molecular weight is 1590 g/mol. The lowest BCUT2D eigenvalue weighted by Gasteiger charge is -2.42. The van der Waals surface area contributed by atoms with E-state index in [9.17, 15) is 50.3 Å². The summed E-state index contributed by atoms with van der Waals surface area (Å²) in [5, 5.41) is 69.7. The van der Waals surface area contributed by atoms with E-state index >= 15 is 0 Å². The van der Waals surface area contributed by atoms with Gasteiger partial charge in [0.2, 0.25) is 0 Å². The molecule has 6 saturated heterocycles. The Kier molecular flexibility index (Phi) is 27.5. The van der Waals surface area contributed by atoms with E-state index in [-0.39, 0.29) is 55.6 Å². The van der Waals surface area contributed by atoms with Crippen LogP contribution < -0.4 is 45.3 Å². The molecule has 6 heterocycles. The van der Waals surface area contributed by atoms with Crippen LogP contribution in [0.3, 0.4) is 0 Å². The lowest BCUT2D eigenvalue weighted by Crippen LogP contribution is -2.58. The van der Waals surface area contributed by atoms with Crippen molar-refractivity contribution >= 4 is 74.9 Å². The van der Waals surface area contributed by atoms with Gasteiger partial charge in [0.15, 0.2) is 0 Å².